The molecule has 6 heteroatoms. The van der Waals surface area contributed by atoms with Gasteiger partial charge in [-0.25, -0.2) is 8.78 Å². The predicted octanol–water partition coefficient (Wildman–Crippen LogP) is 4.94. The van der Waals surface area contributed by atoms with Crippen molar-refractivity contribution < 1.29 is 18.4 Å². The number of carbonyl (C=O) groups excluding carboxylic acids is 2. The maximum absolute atomic E-state index is 13.8. The summed E-state index contributed by atoms with van der Waals surface area (Å²) in [6.07, 6.45) is 4.95. The van der Waals surface area contributed by atoms with Gasteiger partial charge in [0.25, 0.3) is 0 Å². The van der Waals surface area contributed by atoms with E-state index in [-0.39, 0.29) is 35.3 Å². The second kappa shape index (κ2) is 11.2. The fraction of sp³-hybridized carbons (Fsp3) is 0.407. The van der Waals surface area contributed by atoms with Crippen LogP contribution in [0, 0.1) is 23.5 Å². The molecule has 1 heterocycles. The van der Waals surface area contributed by atoms with Crippen molar-refractivity contribution in [3.05, 3.63) is 77.4 Å². The molecule has 2 aromatic carbocycles. The summed E-state index contributed by atoms with van der Waals surface area (Å²) in [5.74, 6) is -1.03. The molecule has 3 rings (SSSR count). The second-order valence-electron chi connectivity index (χ2n) is 9.02. The second-order valence-corrected chi connectivity index (χ2v) is 9.02. The fourth-order valence-electron chi connectivity index (χ4n) is 4.46. The first-order valence-electron chi connectivity index (χ1n) is 11.5. The highest BCUT2D eigenvalue weighted by Gasteiger charge is 2.33. The highest BCUT2D eigenvalue weighted by atomic mass is 19.1. The third-order valence-electron chi connectivity index (χ3n) is 6.39. The van der Waals surface area contributed by atoms with Gasteiger partial charge in [-0.2, -0.15) is 0 Å². The summed E-state index contributed by atoms with van der Waals surface area (Å²) in [5.41, 5.74) is 1.24. The Morgan fingerprint density at radius 3 is 2.39 bits per heavy atom. The predicted molar refractivity (Wildman–Crippen MR) is 126 cm³/mol. The topological polar surface area (TPSA) is 40.6 Å². The molecule has 2 amide bonds. The molecule has 0 aromatic heterocycles. The van der Waals surface area contributed by atoms with Crippen molar-refractivity contribution in [1.29, 1.82) is 0 Å². The molecule has 0 aliphatic carbocycles. The van der Waals surface area contributed by atoms with E-state index in [4.69, 9.17) is 0 Å². The van der Waals surface area contributed by atoms with Gasteiger partial charge in [0.15, 0.2) is 0 Å². The van der Waals surface area contributed by atoms with Crippen molar-refractivity contribution in [3.8, 4) is 0 Å². The quantitative estimate of drug-likeness (QED) is 0.556. The standard InChI is InChI=1S/C27H32F2N2O2/c1-19(2)27(33)30(3)25(17-20-7-5-4-6-8-20)21-13-15-31(16-14-21)26(32)12-9-22-18-23(28)10-11-24(22)29/h4-12,18-19,21,25H,13-17H2,1-3H3/b12-9+/t25-/m0/s1. The Hall–Kier alpha value is -3.02. The summed E-state index contributed by atoms with van der Waals surface area (Å²) in [7, 11) is 1.88. The first-order valence-corrected chi connectivity index (χ1v) is 11.5. The average molecular weight is 455 g/mol. The van der Waals surface area contributed by atoms with Gasteiger partial charge in [-0.15, -0.1) is 0 Å². The average Bonchev–Trinajstić information content (AvgIpc) is 2.82. The number of nitrogens with zero attached hydrogens (tertiary/aromatic N) is 2. The molecule has 1 aliphatic heterocycles. The lowest BCUT2D eigenvalue weighted by Gasteiger charge is -2.40. The molecule has 33 heavy (non-hydrogen) atoms. The van der Waals surface area contributed by atoms with Crippen LogP contribution >= 0.6 is 0 Å². The van der Waals surface area contributed by atoms with Crippen LogP contribution in [0.2, 0.25) is 0 Å². The van der Waals surface area contributed by atoms with Crippen molar-refractivity contribution in [2.24, 2.45) is 11.8 Å². The van der Waals surface area contributed by atoms with Gasteiger partial charge >= 0.3 is 0 Å². The lowest BCUT2D eigenvalue weighted by atomic mass is 9.84. The summed E-state index contributed by atoms with van der Waals surface area (Å²) in [5, 5.41) is 0. The lowest BCUT2D eigenvalue weighted by Crippen LogP contribution is -2.49. The van der Waals surface area contributed by atoms with Crippen molar-refractivity contribution in [2.45, 2.75) is 39.2 Å². The molecule has 4 nitrogen and oxygen atoms in total. The van der Waals surface area contributed by atoms with Crippen LogP contribution in [0.1, 0.15) is 37.8 Å². The number of benzene rings is 2. The van der Waals surface area contributed by atoms with Gasteiger partial charge in [-0.3, -0.25) is 9.59 Å². The molecule has 0 radical (unpaired) electrons. The number of carbonyl (C=O) groups is 2. The van der Waals surface area contributed by atoms with E-state index in [1.165, 1.54) is 17.7 Å². The number of likely N-dealkylation sites (tertiary alicyclic amines) is 1. The molecule has 2 aromatic rings. The molecule has 0 spiro atoms. The smallest absolute Gasteiger partial charge is 0.246 e. The molecule has 0 saturated carbocycles. The number of hydrogen-bond donors (Lipinski definition) is 0. The van der Waals surface area contributed by atoms with Gasteiger partial charge in [0.2, 0.25) is 11.8 Å². The molecule has 176 valence electrons. The summed E-state index contributed by atoms with van der Waals surface area (Å²) < 4.78 is 27.2. The fourth-order valence-corrected chi connectivity index (χ4v) is 4.46. The number of likely N-dealkylation sites (N-methyl/N-ethyl adjacent to an activating group) is 1. The van der Waals surface area contributed by atoms with Gasteiger partial charge in [-0.05, 0) is 55.0 Å². The Kier molecular flexibility index (Phi) is 8.37. The molecule has 1 atom stereocenters. The normalized spacial score (nSPS) is 15.8. The molecule has 0 N–H and O–H groups in total. The van der Waals surface area contributed by atoms with Crippen LogP contribution in [-0.2, 0) is 16.0 Å². The minimum Gasteiger partial charge on any atom is -0.342 e. The maximum atomic E-state index is 13.8. The zero-order valence-electron chi connectivity index (χ0n) is 19.5. The molecule has 0 bridgehead atoms. The number of amides is 2. The zero-order chi connectivity index (χ0) is 24.0. The molecule has 1 aliphatic rings. The Labute approximate surface area is 194 Å². The van der Waals surface area contributed by atoms with Crippen LogP contribution in [0.25, 0.3) is 6.08 Å². The molecular formula is C27H32F2N2O2. The van der Waals surface area contributed by atoms with Gasteiger partial charge < -0.3 is 9.80 Å². The number of hydrogen-bond acceptors (Lipinski definition) is 2. The number of halogens is 2. The van der Waals surface area contributed by atoms with E-state index in [0.29, 0.717) is 13.1 Å². The highest BCUT2D eigenvalue weighted by Crippen LogP contribution is 2.27. The Morgan fingerprint density at radius 2 is 1.76 bits per heavy atom. The van der Waals surface area contributed by atoms with E-state index in [1.807, 2.05) is 44.0 Å². The monoisotopic (exact) mass is 454 g/mol. The molecule has 0 unspecified atom stereocenters. The van der Waals surface area contributed by atoms with Crippen LogP contribution in [-0.4, -0.2) is 47.8 Å². The maximum Gasteiger partial charge on any atom is 0.246 e. The van der Waals surface area contributed by atoms with E-state index in [9.17, 15) is 18.4 Å². The Balaban J connectivity index is 1.66. The van der Waals surface area contributed by atoms with Gasteiger partial charge in [0.1, 0.15) is 11.6 Å². The highest BCUT2D eigenvalue weighted by molar-refractivity contribution is 5.91. The summed E-state index contributed by atoms with van der Waals surface area (Å²) in [6.45, 7) is 4.95. The minimum atomic E-state index is -0.569. The van der Waals surface area contributed by atoms with Crippen LogP contribution in [0.4, 0.5) is 8.78 Å². The lowest BCUT2D eigenvalue weighted by molar-refractivity contribution is -0.137. The van der Waals surface area contributed by atoms with Crippen LogP contribution in [0.3, 0.4) is 0 Å². The van der Waals surface area contributed by atoms with E-state index < -0.39 is 11.6 Å². The summed E-state index contributed by atoms with van der Waals surface area (Å²) >= 11 is 0. The Morgan fingerprint density at radius 1 is 1.09 bits per heavy atom. The zero-order valence-corrected chi connectivity index (χ0v) is 19.5. The van der Waals surface area contributed by atoms with Gasteiger partial charge in [0.05, 0.1) is 0 Å². The van der Waals surface area contributed by atoms with E-state index in [0.717, 1.165) is 37.5 Å². The molecule has 1 fully saturated rings. The van der Waals surface area contributed by atoms with Crippen molar-refractivity contribution >= 4 is 17.9 Å². The first kappa shape index (κ1) is 24.6. The molecular weight excluding hydrogens is 422 g/mol. The summed E-state index contributed by atoms with van der Waals surface area (Å²) in [6, 6.07) is 13.4. The van der Waals surface area contributed by atoms with Gasteiger partial charge in [0, 0.05) is 43.7 Å². The number of piperidine rings is 1. The Bertz CT molecular complexity index is 983. The van der Waals surface area contributed by atoms with Crippen LogP contribution in [0.5, 0.6) is 0 Å². The van der Waals surface area contributed by atoms with E-state index in [2.05, 4.69) is 12.1 Å². The van der Waals surface area contributed by atoms with Crippen molar-refractivity contribution in [3.63, 3.8) is 0 Å². The van der Waals surface area contributed by atoms with Crippen molar-refractivity contribution in [2.75, 3.05) is 20.1 Å². The van der Waals surface area contributed by atoms with E-state index in [1.54, 1.807) is 4.90 Å². The first-order chi connectivity index (χ1) is 15.8. The third kappa shape index (κ3) is 6.50. The third-order valence-corrected chi connectivity index (χ3v) is 6.39. The number of rotatable bonds is 7. The minimum absolute atomic E-state index is 0.0509. The summed E-state index contributed by atoms with van der Waals surface area (Å²) in [4.78, 5) is 29.0. The van der Waals surface area contributed by atoms with Crippen molar-refractivity contribution in [1.82, 2.24) is 9.80 Å². The van der Waals surface area contributed by atoms with Crippen LogP contribution in [0.15, 0.2) is 54.6 Å². The molecule has 1 saturated heterocycles. The van der Waals surface area contributed by atoms with Gasteiger partial charge in [-0.1, -0.05) is 44.2 Å². The van der Waals surface area contributed by atoms with Crippen LogP contribution < -0.4 is 0 Å². The SMILES string of the molecule is CC(C)C(=O)N(C)[C@@H](Cc1ccccc1)C1CCN(C(=O)/C=C/c2cc(F)ccc2F)CC1. The van der Waals surface area contributed by atoms with E-state index >= 15 is 0 Å². The largest absolute Gasteiger partial charge is 0.342 e.